The van der Waals surface area contributed by atoms with Crippen molar-refractivity contribution < 1.29 is 14.3 Å². The van der Waals surface area contributed by atoms with Crippen LogP contribution in [0.4, 0.5) is 5.00 Å². The summed E-state index contributed by atoms with van der Waals surface area (Å²) in [7, 11) is 1.35. The largest absolute Gasteiger partial charge is 0.465 e. The number of fused-ring (bicyclic) bond motifs is 1. The summed E-state index contributed by atoms with van der Waals surface area (Å²) < 4.78 is 7.04. The zero-order valence-corrected chi connectivity index (χ0v) is 19.4. The second kappa shape index (κ2) is 8.96. The predicted octanol–water partition coefficient (Wildman–Crippen LogP) is 5.35. The summed E-state index contributed by atoms with van der Waals surface area (Å²) in [6.45, 7) is 5.97. The van der Waals surface area contributed by atoms with E-state index in [4.69, 9.17) is 4.74 Å². The van der Waals surface area contributed by atoms with Crippen molar-refractivity contribution in [2.45, 2.75) is 33.6 Å². The zero-order chi connectivity index (χ0) is 22.8. The Bertz CT molecular complexity index is 1320. The first kappa shape index (κ1) is 21.8. The van der Waals surface area contributed by atoms with Crippen LogP contribution >= 0.6 is 11.3 Å². The molecule has 0 aliphatic heterocycles. The molecule has 164 valence electrons. The summed E-state index contributed by atoms with van der Waals surface area (Å²) in [5, 5.41) is 5.34. The molecular formula is C25H25N3O3S. The Morgan fingerprint density at radius 3 is 2.72 bits per heavy atom. The molecule has 6 nitrogen and oxygen atoms in total. The van der Waals surface area contributed by atoms with Crippen molar-refractivity contribution in [1.29, 1.82) is 0 Å². The molecule has 0 radical (unpaired) electrons. The van der Waals surface area contributed by atoms with E-state index in [1.165, 1.54) is 18.4 Å². The second-order valence-electron chi connectivity index (χ2n) is 7.78. The van der Waals surface area contributed by atoms with Crippen LogP contribution in [-0.4, -0.2) is 28.4 Å². The Morgan fingerprint density at radius 1 is 1.12 bits per heavy atom. The maximum atomic E-state index is 12.8. The van der Waals surface area contributed by atoms with Crippen LogP contribution in [0.1, 0.15) is 39.3 Å². The highest BCUT2D eigenvalue weighted by Crippen LogP contribution is 2.38. The number of esters is 1. The first-order valence-electron chi connectivity index (χ1n) is 10.4. The molecule has 1 amide bonds. The molecule has 0 fully saturated rings. The molecule has 0 unspecified atom stereocenters. The number of thiophene rings is 1. The summed E-state index contributed by atoms with van der Waals surface area (Å²) in [6.07, 6.45) is 2.78. The fraction of sp³-hybridized carbons (Fsp3) is 0.240. The van der Waals surface area contributed by atoms with E-state index in [1.54, 1.807) is 0 Å². The summed E-state index contributed by atoms with van der Waals surface area (Å²) in [5.41, 5.74) is 7.06. The van der Waals surface area contributed by atoms with Gasteiger partial charge in [-0.25, -0.2) is 9.78 Å². The van der Waals surface area contributed by atoms with Gasteiger partial charge < -0.3 is 14.5 Å². The normalized spacial score (nSPS) is 11.0. The molecule has 0 atom stereocenters. The Kier molecular flexibility index (Phi) is 6.10. The number of pyridine rings is 1. The average molecular weight is 448 g/mol. The van der Waals surface area contributed by atoms with Crippen LogP contribution in [0.3, 0.4) is 0 Å². The van der Waals surface area contributed by atoms with E-state index in [2.05, 4.69) is 10.3 Å². The molecule has 0 aliphatic carbocycles. The molecule has 0 bridgehead atoms. The smallest absolute Gasteiger partial charge is 0.341 e. The molecule has 3 heterocycles. The van der Waals surface area contributed by atoms with Crippen LogP contribution in [0, 0.1) is 20.8 Å². The molecule has 4 aromatic rings. The number of rotatable bonds is 6. The van der Waals surface area contributed by atoms with Gasteiger partial charge in [0.2, 0.25) is 5.91 Å². The van der Waals surface area contributed by atoms with Gasteiger partial charge in [0.15, 0.2) is 0 Å². The van der Waals surface area contributed by atoms with E-state index in [1.807, 2.05) is 73.1 Å². The average Bonchev–Trinajstić information content (AvgIpc) is 3.33. The molecule has 7 heteroatoms. The first-order valence-corrected chi connectivity index (χ1v) is 11.3. The molecule has 32 heavy (non-hydrogen) atoms. The van der Waals surface area contributed by atoms with E-state index < -0.39 is 5.97 Å². The third-order valence-electron chi connectivity index (χ3n) is 5.53. The van der Waals surface area contributed by atoms with Crippen molar-refractivity contribution in [3.8, 4) is 11.1 Å². The van der Waals surface area contributed by atoms with Crippen LogP contribution < -0.4 is 5.32 Å². The van der Waals surface area contributed by atoms with Gasteiger partial charge in [0.1, 0.15) is 16.2 Å². The number of imidazole rings is 1. The predicted molar refractivity (Wildman–Crippen MR) is 127 cm³/mol. The molecule has 0 saturated heterocycles. The number of carbonyl (C=O) groups excluding carboxylic acids is 2. The third kappa shape index (κ3) is 4.16. The number of aryl methyl sites for hydroxylation is 4. The number of aromatic nitrogens is 2. The van der Waals surface area contributed by atoms with Gasteiger partial charge in [-0.05, 0) is 50.5 Å². The lowest BCUT2D eigenvalue weighted by Gasteiger charge is -2.10. The highest BCUT2D eigenvalue weighted by molar-refractivity contribution is 7.15. The minimum Gasteiger partial charge on any atom is -0.465 e. The molecule has 4 rings (SSSR count). The van der Waals surface area contributed by atoms with Gasteiger partial charge in [-0.3, -0.25) is 4.79 Å². The number of nitrogens with one attached hydrogen (secondary N) is 1. The lowest BCUT2D eigenvalue weighted by molar-refractivity contribution is -0.116. The zero-order valence-electron chi connectivity index (χ0n) is 18.6. The lowest BCUT2D eigenvalue weighted by atomic mass is 9.97. The van der Waals surface area contributed by atoms with Crippen molar-refractivity contribution in [1.82, 2.24) is 9.38 Å². The molecule has 3 aromatic heterocycles. The maximum absolute atomic E-state index is 12.8. The van der Waals surface area contributed by atoms with Crippen molar-refractivity contribution in [3.63, 3.8) is 0 Å². The van der Waals surface area contributed by atoms with Gasteiger partial charge in [-0.15, -0.1) is 11.3 Å². The Balaban J connectivity index is 1.58. The Labute approximate surface area is 190 Å². The first-order chi connectivity index (χ1) is 15.4. The number of hydrogen-bond acceptors (Lipinski definition) is 5. The fourth-order valence-electron chi connectivity index (χ4n) is 3.87. The SMILES string of the molecule is COC(=O)c1c(-c2cc(C)ccc2C)csc1NC(=O)CCc1c(C)nc2ccccn12. The van der Waals surface area contributed by atoms with Gasteiger partial charge >= 0.3 is 5.97 Å². The van der Waals surface area contributed by atoms with Gasteiger partial charge in [0.05, 0.1) is 12.8 Å². The number of carbonyl (C=O) groups is 2. The van der Waals surface area contributed by atoms with E-state index in [-0.39, 0.29) is 12.3 Å². The van der Waals surface area contributed by atoms with E-state index >= 15 is 0 Å². The van der Waals surface area contributed by atoms with E-state index in [9.17, 15) is 9.59 Å². The van der Waals surface area contributed by atoms with Crippen molar-refractivity contribution >= 4 is 33.9 Å². The van der Waals surface area contributed by atoms with Gasteiger partial charge in [0.25, 0.3) is 0 Å². The fourth-order valence-corrected chi connectivity index (χ4v) is 4.83. The monoisotopic (exact) mass is 447 g/mol. The van der Waals surface area contributed by atoms with E-state index in [0.29, 0.717) is 17.0 Å². The number of ether oxygens (including phenoxy) is 1. The van der Waals surface area contributed by atoms with Crippen LogP contribution in [-0.2, 0) is 16.0 Å². The molecule has 0 aliphatic rings. The Morgan fingerprint density at radius 2 is 1.94 bits per heavy atom. The van der Waals surface area contributed by atoms with Crippen LogP contribution in [0.25, 0.3) is 16.8 Å². The quantitative estimate of drug-likeness (QED) is 0.405. The number of amides is 1. The Hall–Kier alpha value is -3.45. The minimum absolute atomic E-state index is 0.158. The van der Waals surface area contributed by atoms with Crippen LogP contribution in [0.2, 0.25) is 0 Å². The third-order valence-corrected chi connectivity index (χ3v) is 6.43. The molecule has 1 aromatic carbocycles. The number of hydrogen-bond donors (Lipinski definition) is 1. The van der Waals surface area contributed by atoms with Crippen LogP contribution in [0.5, 0.6) is 0 Å². The van der Waals surface area contributed by atoms with Gasteiger partial charge in [-0.1, -0.05) is 29.8 Å². The number of anilines is 1. The number of benzene rings is 1. The molecule has 1 N–H and O–H groups in total. The highest BCUT2D eigenvalue weighted by atomic mass is 32.1. The summed E-state index contributed by atoms with van der Waals surface area (Å²) in [6, 6.07) is 11.9. The van der Waals surface area contributed by atoms with Crippen LogP contribution in [0.15, 0.2) is 48.0 Å². The lowest BCUT2D eigenvalue weighted by Crippen LogP contribution is -2.15. The summed E-state index contributed by atoms with van der Waals surface area (Å²) >= 11 is 1.34. The molecule has 0 spiro atoms. The van der Waals surface area contributed by atoms with E-state index in [0.717, 1.165) is 39.3 Å². The van der Waals surface area contributed by atoms with Crippen molar-refractivity contribution in [2.24, 2.45) is 0 Å². The van der Waals surface area contributed by atoms with Gasteiger partial charge in [0, 0.05) is 29.3 Å². The molecule has 0 saturated carbocycles. The maximum Gasteiger partial charge on any atom is 0.341 e. The van der Waals surface area contributed by atoms with Crippen molar-refractivity contribution in [2.75, 3.05) is 12.4 Å². The molecular weight excluding hydrogens is 422 g/mol. The summed E-state index contributed by atoms with van der Waals surface area (Å²) in [5.74, 6) is -0.620. The minimum atomic E-state index is -0.463. The van der Waals surface area contributed by atoms with Crippen molar-refractivity contribution in [3.05, 3.63) is 76.1 Å². The number of nitrogens with zero attached hydrogens (tertiary/aromatic N) is 2. The highest BCUT2D eigenvalue weighted by Gasteiger charge is 2.23. The number of methoxy groups -OCH3 is 1. The summed E-state index contributed by atoms with van der Waals surface area (Å²) in [4.78, 5) is 30.0. The standard InChI is InChI=1S/C25H25N3O3S/c1-15-8-9-16(2)18(13-15)19-14-32-24(23(19)25(30)31-4)27-22(29)11-10-20-17(3)26-21-7-5-6-12-28(20)21/h5-9,12-14H,10-11H2,1-4H3,(H,27,29). The second-order valence-corrected chi connectivity index (χ2v) is 8.66. The van der Waals surface area contributed by atoms with Gasteiger partial charge in [-0.2, -0.15) is 0 Å². The topological polar surface area (TPSA) is 72.7 Å².